The molecule has 0 unspecified atom stereocenters. The summed E-state index contributed by atoms with van der Waals surface area (Å²) in [7, 11) is 0. The van der Waals surface area contributed by atoms with Crippen LogP contribution in [0.15, 0.2) is 40.8 Å². The molecular formula is C14H13FN2O. The maximum atomic E-state index is 12.8. The average Bonchev–Trinajstić information content (AvgIpc) is 2.85. The molecule has 0 saturated heterocycles. The maximum Gasteiger partial charge on any atom is 0.203 e. The van der Waals surface area contributed by atoms with Gasteiger partial charge in [0.1, 0.15) is 17.6 Å². The van der Waals surface area contributed by atoms with Gasteiger partial charge in [0.15, 0.2) is 0 Å². The Bertz CT molecular complexity index is 554. The fraction of sp³-hybridized carbons (Fsp3) is 0.214. The van der Waals surface area contributed by atoms with Gasteiger partial charge in [-0.15, -0.1) is 0 Å². The monoisotopic (exact) mass is 244 g/mol. The lowest BCUT2D eigenvalue weighted by atomic mass is 10.1. The van der Waals surface area contributed by atoms with Crippen molar-refractivity contribution in [2.45, 2.75) is 19.5 Å². The SMILES string of the molecule is C[C@H](NCc1ccc(C#N)o1)c1ccc(F)cc1. The largest absolute Gasteiger partial charge is 0.449 e. The molecule has 1 aromatic heterocycles. The van der Waals surface area contributed by atoms with Gasteiger partial charge in [-0.2, -0.15) is 5.26 Å². The Balaban J connectivity index is 1.94. The van der Waals surface area contributed by atoms with E-state index in [4.69, 9.17) is 9.68 Å². The zero-order chi connectivity index (χ0) is 13.0. The molecule has 1 heterocycles. The Hall–Kier alpha value is -2.12. The second-order valence-electron chi connectivity index (χ2n) is 4.03. The lowest BCUT2D eigenvalue weighted by Gasteiger charge is -2.13. The molecule has 0 radical (unpaired) electrons. The quantitative estimate of drug-likeness (QED) is 0.898. The van der Waals surface area contributed by atoms with Gasteiger partial charge >= 0.3 is 0 Å². The molecule has 1 aromatic carbocycles. The summed E-state index contributed by atoms with van der Waals surface area (Å²) in [4.78, 5) is 0. The molecule has 3 nitrogen and oxygen atoms in total. The van der Waals surface area contributed by atoms with Crippen LogP contribution in [0, 0.1) is 17.1 Å². The lowest BCUT2D eigenvalue weighted by Crippen LogP contribution is -2.17. The van der Waals surface area contributed by atoms with Gasteiger partial charge in [0.25, 0.3) is 0 Å². The highest BCUT2D eigenvalue weighted by Gasteiger charge is 2.07. The van der Waals surface area contributed by atoms with Crippen molar-refractivity contribution in [1.29, 1.82) is 5.26 Å². The van der Waals surface area contributed by atoms with E-state index in [2.05, 4.69) is 5.32 Å². The van der Waals surface area contributed by atoms with Crippen LogP contribution in [0.25, 0.3) is 0 Å². The summed E-state index contributed by atoms with van der Waals surface area (Å²) in [6, 6.07) is 11.8. The van der Waals surface area contributed by atoms with Gasteiger partial charge in [0.05, 0.1) is 6.54 Å². The predicted octanol–water partition coefficient (Wildman–Crippen LogP) is 3.14. The Morgan fingerprint density at radius 3 is 2.61 bits per heavy atom. The first-order valence-electron chi connectivity index (χ1n) is 5.66. The molecule has 0 spiro atoms. The molecule has 0 aliphatic heterocycles. The van der Waals surface area contributed by atoms with Crippen molar-refractivity contribution in [1.82, 2.24) is 5.32 Å². The molecule has 92 valence electrons. The van der Waals surface area contributed by atoms with Gasteiger partial charge in [-0.3, -0.25) is 0 Å². The molecule has 0 bridgehead atoms. The van der Waals surface area contributed by atoms with Crippen LogP contribution < -0.4 is 5.32 Å². The molecule has 0 fully saturated rings. The highest BCUT2D eigenvalue weighted by Crippen LogP contribution is 2.14. The van der Waals surface area contributed by atoms with E-state index in [-0.39, 0.29) is 11.9 Å². The fourth-order valence-electron chi connectivity index (χ4n) is 1.66. The number of furan rings is 1. The predicted molar refractivity (Wildman–Crippen MR) is 65.1 cm³/mol. The first kappa shape index (κ1) is 12.3. The van der Waals surface area contributed by atoms with Gasteiger partial charge in [-0.05, 0) is 36.8 Å². The van der Waals surface area contributed by atoms with E-state index < -0.39 is 0 Å². The topological polar surface area (TPSA) is 49.0 Å². The Kier molecular flexibility index (Phi) is 3.75. The van der Waals surface area contributed by atoms with E-state index in [0.717, 1.165) is 5.56 Å². The molecule has 2 aromatic rings. The Morgan fingerprint density at radius 2 is 2.00 bits per heavy atom. The first-order chi connectivity index (χ1) is 8.69. The minimum Gasteiger partial charge on any atom is -0.449 e. The molecular weight excluding hydrogens is 231 g/mol. The second-order valence-corrected chi connectivity index (χ2v) is 4.03. The Morgan fingerprint density at radius 1 is 1.28 bits per heavy atom. The van der Waals surface area contributed by atoms with E-state index in [1.54, 1.807) is 24.3 Å². The number of hydrogen-bond acceptors (Lipinski definition) is 3. The fourth-order valence-corrected chi connectivity index (χ4v) is 1.66. The van der Waals surface area contributed by atoms with E-state index >= 15 is 0 Å². The number of hydrogen-bond donors (Lipinski definition) is 1. The molecule has 4 heteroatoms. The summed E-state index contributed by atoms with van der Waals surface area (Å²) in [5.41, 5.74) is 1.00. The van der Waals surface area contributed by atoms with Crippen LogP contribution in [0.4, 0.5) is 4.39 Å². The summed E-state index contributed by atoms with van der Waals surface area (Å²) in [5, 5.41) is 11.9. The highest BCUT2D eigenvalue weighted by atomic mass is 19.1. The van der Waals surface area contributed by atoms with Gasteiger partial charge in [0, 0.05) is 6.04 Å². The van der Waals surface area contributed by atoms with E-state index in [0.29, 0.717) is 18.1 Å². The highest BCUT2D eigenvalue weighted by molar-refractivity contribution is 5.21. The summed E-state index contributed by atoms with van der Waals surface area (Å²) in [5.74, 6) is 0.775. The van der Waals surface area contributed by atoms with E-state index in [1.165, 1.54) is 12.1 Å². The summed E-state index contributed by atoms with van der Waals surface area (Å²) >= 11 is 0. The third kappa shape index (κ3) is 2.96. The molecule has 2 rings (SSSR count). The summed E-state index contributed by atoms with van der Waals surface area (Å²) < 4.78 is 18.0. The number of nitrogens with one attached hydrogen (secondary N) is 1. The molecule has 1 N–H and O–H groups in total. The van der Waals surface area contributed by atoms with Gasteiger partial charge in [0.2, 0.25) is 5.76 Å². The number of nitrogens with zero attached hydrogens (tertiary/aromatic N) is 1. The van der Waals surface area contributed by atoms with Crippen LogP contribution in [0.5, 0.6) is 0 Å². The van der Waals surface area contributed by atoms with Crippen molar-refractivity contribution in [3.05, 3.63) is 59.3 Å². The number of nitriles is 1. The van der Waals surface area contributed by atoms with Crippen LogP contribution in [-0.4, -0.2) is 0 Å². The smallest absolute Gasteiger partial charge is 0.203 e. The second kappa shape index (κ2) is 5.48. The normalized spacial score (nSPS) is 12.1. The van der Waals surface area contributed by atoms with Crippen molar-refractivity contribution < 1.29 is 8.81 Å². The van der Waals surface area contributed by atoms with Gasteiger partial charge in [-0.1, -0.05) is 12.1 Å². The number of halogens is 1. The zero-order valence-corrected chi connectivity index (χ0v) is 9.98. The molecule has 18 heavy (non-hydrogen) atoms. The number of rotatable bonds is 4. The van der Waals surface area contributed by atoms with Crippen LogP contribution in [-0.2, 0) is 6.54 Å². The van der Waals surface area contributed by atoms with Crippen molar-refractivity contribution in [2.75, 3.05) is 0 Å². The molecule has 0 aliphatic carbocycles. The van der Waals surface area contributed by atoms with E-state index in [9.17, 15) is 4.39 Å². The third-order valence-corrected chi connectivity index (χ3v) is 2.72. The standard InChI is InChI=1S/C14H13FN2O/c1-10(11-2-4-12(15)5-3-11)17-9-14-7-6-13(8-16)18-14/h2-7,10,17H,9H2,1H3/t10-/m0/s1. The maximum absolute atomic E-state index is 12.8. The number of benzene rings is 1. The summed E-state index contributed by atoms with van der Waals surface area (Å²) in [6.07, 6.45) is 0. The van der Waals surface area contributed by atoms with Gasteiger partial charge < -0.3 is 9.73 Å². The van der Waals surface area contributed by atoms with Crippen molar-refractivity contribution in [3.63, 3.8) is 0 Å². The molecule has 0 amide bonds. The van der Waals surface area contributed by atoms with Crippen LogP contribution >= 0.6 is 0 Å². The van der Waals surface area contributed by atoms with Crippen molar-refractivity contribution >= 4 is 0 Å². The molecule has 0 aliphatic rings. The van der Waals surface area contributed by atoms with Crippen LogP contribution in [0.1, 0.15) is 30.0 Å². The first-order valence-corrected chi connectivity index (χ1v) is 5.66. The molecule has 1 atom stereocenters. The minimum atomic E-state index is -0.240. The summed E-state index contributed by atoms with van der Waals surface area (Å²) in [6.45, 7) is 2.52. The van der Waals surface area contributed by atoms with Crippen LogP contribution in [0.2, 0.25) is 0 Å². The average molecular weight is 244 g/mol. The van der Waals surface area contributed by atoms with Crippen molar-refractivity contribution in [3.8, 4) is 6.07 Å². The van der Waals surface area contributed by atoms with Crippen molar-refractivity contribution in [2.24, 2.45) is 0 Å². The third-order valence-electron chi connectivity index (χ3n) is 2.72. The van der Waals surface area contributed by atoms with Gasteiger partial charge in [-0.25, -0.2) is 4.39 Å². The Labute approximate surface area is 105 Å². The van der Waals surface area contributed by atoms with E-state index in [1.807, 2.05) is 13.0 Å². The zero-order valence-electron chi connectivity index (χ0n) is 9.98. The minimum absolute atomic E-state index is 0.0845. The van der Waals surface area contributed by atoms with Crippen LogP contribution in [0.3, 0.4) is 0 Å². The lowest BCUT2D eigenvalue weighted by molar-refractivity contribution is 0.453. The molecule has 0 saturated carbocycles.